The second-order valence-corrected chi connectivity index (χ2v) is 7.83. The molecule has 0 aromatic carbocycles. The van der Waals surface area contributed by atoms with Crippen molar-refractivity contribution in [3.05, 3.63) is 17.0 Å². The van der Waals surface area contributed by atoms with Crippen molar-refractivity contribution in [1.82, 2.24) is 14.7 Å². The topological polar surface area (TPSA) is 64.2 Å². The number of carbonyl (C=O) groups is 1. The van der Waals surface area contributed by atoms with Gasteiger partial charge in [0.1, 0.15) is 0 Å². The van der Waals surface area contributed by atoms with Gasteiger partial charge in [-0.25, -0.2) is 0 Å². The summed E-state index contributed by atoms with van der Waals surface area (Å²) in [6, 6.07) is 0.166. The van der Waals surface area contributed by atoms with Gasteiger partial charge >= 0.3 is 0 Å². The molecular formula is C19H35ClN4O. The zero-order chi connectivity index (χ0) is 17.9. The van der Waals surface area contributed by atoms with Crippen LogP contribution < -0.4 is 5.73 Å². The molecule has 1 amide bonds. The summed E-state index contributed by atoms with van der Waals surface area (Å²) in [5.74, 6) is 1.27. The molecule has 25 heavy (non-hydrogen) atoms. The molecule has 0 bridgehead atoms. The van der Waals surface area contributed by atoms with E-state index in [2.05, 4.69) is 44.4 Å². The Balaban J connectivity index is 0.00000312. The molecule has 1 aliphatic rings. The highest BCUT2D eigenvalue weighted by Crippen LogP contribution is 2.21. The number of hydrogen-bond acceptors (Lipinski definition) is 3. The molecule has 6 heteroatoms. The van der Waals surface area contributed by atoms with Crippen LogP contribution in [-0.2, 0) is 17.8 Å². The van der Waals surface area contributed by atoms with Crippen LogP contribution in [0.25, 0.3) is 0 Å². The van der Waals surface area contributed by atoms with Gasteiger partial charge in [-0.1, -0.05) is 13.8 Å². The Morgan fingerprint density at radius 1 is 1.32 bits per heavy atom. The molecule has 1 fully saturated rings. The number of aryl methyl sites for hydroxylation is 1. The van der Waals surface area contributed by atoms with E-state index in [-0.39, 0.29) is 24.4 Å². The van der Waals surface area contributed by atoms with E-state index in [1.807, 2.05) is 4.90 Å². The quantitative estimate of drug-likeness (QED) is 0.836. The molecule has 1 aromatic rings. The van der Waals surface area contributed by atoms with Crippen LogP contribution in [0.15, 0.2) is 0 Å². The van der Waals surface area contributed by atoms with E-state index in [1.54, 1.807) is 0 Å². The minimum atomic E-state index is 0. The Labute approximate surface area is 158 Å². The molecule has 2 atom stereocenters. The standard InChI is InChI=1S/C19H34N4O.ClH/c1-13(2)11-23-16(5)18(15(4)21-23)8-9-19(24)22-10-6-7-17(12-22)14(3)20;/h13-14,17H,6-12,20H2,1-5H3;1H. The maximum Gasteiger partial charge on any atom is 0.222 e. The van der Waals surface area contributed by atoms with Gasteiger partial charge in [0, 0.05) is 37.8 Å². The van der Waals surface area contributed by atoms with Gasteiger partial charge in [-0.2, -0.15) is 5.10 Å². The van der Waals surface area contributed by atoms with Crippen LogP contribution in [0.1, 0.15) is 57.0 Å². The fourth-order valence-electron chi connectivity index (χ4n) is 3.68. The predicted molar refractivity (Wildman–Crippen MR) is 105 cm³/mol. The number of hydrogen-bond donors (Lipinski definition) is 1. The summed E-state index contributed by atoms with van der Waals surface area (Å²) in [5.41, 5.74) is 9.54. The number of piperidine rings is 1. The summed E-state index contributed by atoms with van der Waals surface area (Å²) >= 11 is 0. The normalized spacial score (nSPS) is 19.0. The molecule has 2 unspecified atom stereocenters. The Hall–Kier alpha value is -1.07. The molecule has 0 aliphatic carbocycles. The van der Waals surface area contributed by atoms with Crippen molar-refractivity contribution in [2.75, 3.05) is 13.1 Å². The maximum atomic E-state index is 12.6. The van der Waals surface area contributed by atoms with E-state index in [1.165, 1.54) is 11.3 Å². The van der Waals surface area contributed by atoms with Crippen LogP contribution in [0.5, 0.6) is 0 Å². The lowest BCUT2D eigenvalue weighted by Crippen LogP contribution is -2.45. The Bertz CT molecular complexity index is 568. The van der Waals surface area contributed by atoms with Crippen molar-refractivity contribution >= 4 is 18.3 Å². The van der Waals surface area contributed by atoms with Crippen molar-refractivity contribution in [3.8, 4) is 0 Å². The third kappa shape index (κ3) is 5.71. The zero-order valence-corrected chi connectivity index (χ0v) is 17.2. The molecule has 144 valence electrons. The van der Waals surface area contributed by atoms with Crippen LogP contribution in [0.2, 0.25) is 0 Å². The average Bonchev–Trinajstić information content (AvgIpc) is 2.78. The minimum Gasteiger partial charge on any atom is -0.342 e. The van der Waals surface area contributed by atoms with Crippen LogP contribution in [0, 0.1) is 25.7 Å². The van der Waals surface area contributed by atoms with Crippen LogP contribution in [0.3, 0.4) is 0 Å². The van der Waals surface area contributed by atoms with E-state index >= 15 is 0 Å². The van der Waals surface area contributed by atoms with Crippen LogP contribution in [0.4, 0.5) is 0 Å². The molecule has 1 aromatic heterocycles. The average molecular weight is 371 g/mol. The molecule has 2 N–H and O–H groups in total. The monoisotopic (exact) mass is 370 g/mol. The highest BCUT2D eigenvalue weighted by molar-refractivity contribution is 5.85. The number of carbonyl (C=O) groups excluding carboxylic acids is 1. The molecule has 2 rings (SSSR count). The van der Waals surface area contributed by atoms with Gasteiger partial charge in [0.2, 0.25) is 5.91 Å². The fourth-order valence-corrected chi connectivity index (χ4v) is 3.68. The number of rotatable bonds is 6. The number of amides is 1. The first-order chi connectivity index (χ1) is 11.3. The molecule has 1 saturated heterocycles. The molecule has 0 spiro atoms. The molecule has 5 nitrogen and oxygen atoms in total. The number of nitrogens with zero attached hydrogens (tertiary/aromatic N) is 3. The molecule has 2 heterocycles. The van der Waals surface area contributed by atoms with E-state index in [0.29, 0.717) is 18.3 Å². The van der Waals surface area contributed by atoms with Gasteiger partial charge in [-0.3, -0.25) is 9.48 Å². The van der Waals surface area contributed by atoms with Crippen LogP contribution in [-0.4, -0.2) is 39.7 Å². The lowest BCUT2D eigenvalue weighted by Gasteiger charge is -2.34. The first-order valence-electron chi connectivity index (χ1n) is 9.35. The smallest absolute Gasteiger partial charge is 0.222 e. The van der Waals surface area contributed by atoms with E-state index in [4.69, 9.17) is 5.73 Å². The number of likely N-dealkylation sites (tertiary alicyclic amines) is 1. The minimum absolute atomic E-state index is 0. The van der Waals surface area contributed by atoms with Gasteiger partial charge in [0.05, 0.1) is 5.69 Å². The lowest BCUT2D eigenvalue weighted by atomic mass is 9.92. The predicted octanol–water partition coefficient (Wildman–Crippen LogP) is 3.10. The van der Waals surface area contributed by atoms with Gasteiger partial charge in [-0.05, 0) is 57.4 Å². The lowest BCUT2D eigenvalue weighted by molar-refractivity contribution is -0.133. The molecule has 0 radical (unpaired) electrons. The van der Waals surface area contributed by atoms with E-state index in [0.717, 1.165) is 44.6 Å². The summed E-state index contributed by atoms with van der Waals surface area (Å²) < 4.78 is 2.09. The Morgan fingerprint density at radius 2 is 2.00 bits per heavy atom. The zero-order valence-electron chi connectivity index (χ0n) is 16.4. The molecular weight excluding hydrogens is 336 g/mol. The first kappa shape index (κ1) is 22.0. The number of aromatic nitrogens is 2. The third-order valence-electron chi connectivity index (χ3n) is 5.21. The van der Waals surface area contributed by atoms with E-state index in [9.17, 15) is 4.79 Å². The van der Waals surface area contributed by atoms with Crippen molar-refractivity contribution in [2.24, 2.45) is 17.6 Å². The fraction of sp³-hybridized carbons (Fsp3) is 0.789. The summed E-state index contributed by atoms with van der Waals surface area (Å²) in [7, 11) is 0. The Kier molecular flexibility index (Phi) is 8.42. The number of halogens is 1. The van der Waals surface area contributed by atoms with Gasteiger partial charge < -0.3 is 10.6 Å². The summed E-state index contributed by atoms with van der Waals surface area (Å²) in [5, 5.41) is 4.65. The largest absolute Gasteiger partial charge is 0.342 e. The van der Waals surface area contributed by atoms with Crippen molar-refractivity contribution < 1.29 is 4.79 Å². The van der Waals surface area contributed by atoms with Crippen molar-refractivity contribution in [1.29, 1.82) is 0 Å². The Morgan fingerprint density at radius 3 is 2.60 bits per heavy atom. The SMILES string of the molecule is Cc1nn(CC(C)C)c(C)c1CCC(=O)N1CCCC(C(C)N)C1.Cl. The summed E-state index contributed by atoms with van der Waals surface area (Å²) in [6.07, 6.45) is 3.57. The highest BCUT2D eigenvalue weighted by Gasteiger charge is 2.26. The van der Waals surface area contributed by atoms with Crippen molar-refractivity contribution in [2.45, 2.75) is 72.9 Å². The highest BCUT2D eigenvalue weighted by atomic mass is 35.5. The van der Waals surface area contributed by atoms with E-state index < -0.39 is 0 Å². The van der Waals surface area contributed by atoms with Gasteiger partial charge in [-0.15, -0.1) is 12.4 Å². The summed E-state index contributed by atoms with van der Waals surface area (Å²) in [4.78, 5) is 14.6. The maximum absolute atomic E-state index is 12.6. The van der Waals surface area contributed by atoms with Gasteiger partial charge in [0.15, 0.2) is 0 Å². The number of nitrogens with two attached hydrogens (primary N) is 1. The second-order valence-electron chi connectivity index (χ2n) is 7.83. The summed E-state index contributed by atoms with van der Waals surface area (Å²) in [6.45, 7) is 13.3. The van der Waals surface area contributed by atoms with Crippen molar-refractivity contribution in [3.63, 3.8) is 0 Å². The first-order valence-corrected chi connectivity index (χ1v) is 9.35. The van der Waals surface area contributed by atoms with Gasteiger partial charge in [0.25, 0.3) is 0 Å². The van der Waals surface area contributed by atoms with Crippen LogP contribution >= 0.6 is 12.4 Å². The second kappa shape index (κ2) is 9.58. The molecule has 1 aliphatic heterocycles. The molecule has 0 saturated carbocycles. The third-order valence-corrected chi connectivity index (χ3v) is 5.21.